The summed E-state index contributed by atoms with van der Waals surface area (Å²) in [6.45, 7) is 2.08. The second-order valence-electron chi connectivity index (χ2n) is 8.16. The van der Waals surface area contributed by atoms with E-state index in [1.54, 1.807) is 12.1 Å². The highest BCUT2D eigenvalue weighted by Gasteiger charge is 2.44. The molecule has 1 atom stereocenters. The zero-order chi connectivity index (χ0) is 24.2. The zero-order valence-corrected chi connectivity index (χ0v) is 18.6. The third-order valence-electron chi connectivity index (χ3n) is 5.84. The number of hydrogen-bond acceptors (Lipinski definition) is 5. The zero-order valence-electron chi connectivity index (χ0n) is 18.6. The minimum Gasteiger partial charge on any atom is -0.326 e. The first-order valence-electron chi connectivity index (χ1n) is 10.9. The predicted molar refractivity (Wildman–Crippen MR) is 126 cm³/mol. The van der Waals surface area contributed by atoms with Crippen molar-refractivity contribution in [3.63, 3.8) is 0 Å². The van der Waals surface area contributed by atoms with Crippen molar-refractivity contribution in [3.8, 4) is 0 Å². The van der Waals surface area contributed by atoms with E-state index in [4.69, 9.17) is 0 Å². The summed E-state index contributed by atoms with van der Waals surface area (Å²) in [5, 5.41) is 11.2. The Balaban J connectivity index is 1.66. The van der Waals surface area contributed by atoms with E-state index < -0.39 is 28.7 Å². The molecule has 8 nitrogen and oxygen atoms in total. The van der Waals surface area contributed by atoms with Gasteiger partial charge in [-0.25, -0.2) is 4.90 Å². The van der Waals surface area contributed by atoms with Crippen LogP contribution in [0.15, 0.2) is 78.9 Å². The fourth-order valence-electron chi connectivity index (χ4n) is 4.04. The third-order valence-corrected chi connectivity index (χ3v) is 5.84. The number of nitro groups is 1. The molecule has 1 aliphatic heterocycles. The molecule has 172 valence electrons. The van der Waals surface area contributed by atoms with Crippen molar-refractivity contribution in [3.05, 3.63) is 106 Å². The average Bonchev–Trinajstić information content (AvgIpc) is 3.14. The normalized spacial score (nSPS) is 15.4. The molecular formula is C26H23N3O5. The second-order valence-corrected chi connectivity index (χ2v) is 8.16. The lowest BCUT2D eigenvalue weighted by Crippen LogP contribution is -2.46. The molecule has 4 rings (SSSR count). The summed E-state index contributed by atoms with van der Waals surface area (Å²) >= 11 is 0. The Morgan fingerprint density at radius 1 is 1.03 bits per heavy atom. The van der Waals surface area contributed by atoms with Crippen LogP contribution >= 0.6 is 0 Å². The van der Waals surface area contributed by atoms with Gasteiger partial charge in [-0.2, -0.15) is 0 Å². The standard InChI is InChI=1S/C26H23N3O5/c1-18-10-12-21(13-11-18)28-24(30)17-23(26(28)32)27(15-14-19-6-3-2-4-7-19)25(31)20-8-5-9-22(16-20)29(33)34/h2-13,16,23H,14-15,17H2,1H3. The maximum Gasteiger partial charge on any atom is 0.270 e. The third kappa shape index (κ3) is 4.71. The highest BCUT2D eigenvalue weighted by atomic mass is 16.6. The number of aryl methyl sites for hydroxylation is 1. The first-order chi connectivity index (χ1) is 16.3. The number of non-ortho nitro benzene ring substituents is 1. The molecule has 1 saturated heterocycles. The molecule has 0 saturated carbocycles. The number of anilines is 1. The molecule has 1 heterocycles. The molecule has 0 aromatic heterocycles. The fourth-order valence-corrected chi connectivity index (χ4v) is 4.04. The molecule has 1 unspecified atom stereocenters. The summed E-state index contributed by atoms with van der Waals surface area (Å²) in [5.74, 6) is -1.41. The first-order valence-corrected chi connectivity index (χ1v) is 10.9. The van der Waals surface area contributed by atoms with E-state index >= 15 is 0 Å². The van der Waals surface area contributed by atoms with E-state index in [9.17, 15) is 24.5 Å². The summed E-state index contributed by atoms with van der Waals surface area (Å²) in [6, 6.07) is 20.9. The Bertz CT molecular complexity index is 1240. The lowest BCUT2D eigenvalue weighted by atomic mass is 10.1. The highest BCUT2D eigenvalue weighted by Crippen LogP contribution is 2.28. The summed E-state index contributed by atoms with van der Waals surface area (Å²) in [7, 11) is 0. The van der Waals surface area contributed by atoms with Gasteiger partial charge in [0.25, 0.3) is 17.5 Å². The molecule has 3 aromatic rings. The SMILES string of the molecule is Cc1ccc(N2C(=O)CC(N(CCc3ccccc3)C(=O)c3cccc([N+](=O)[O-])c3)C2=O)cc1. The number of carbonyl (C=O) groups excluding carboxylic acids is 3. The van der Waals surface area contributed by atoms with Gasteiger partial charge in [0.1, 0.15) is 6.04 Å². The van der Waals surface area contributed by atoms with Crippen molar-refractivity contribution in [2.45, 2.75) is 25.8 Å². The number of rotatable bonds is 7. The fraction of sp³-hybridized carbons (Fsp3) is 0.192. The lowest BCUT2D eigenvalue weighted by Gasteiger charge is -2.28. The van der Waals surface area contributed by atoms with Gasteiger partial charge in [0.2, 0.25) is 5.91 Å². The Labute approximate surface area is 196 Å². The first kappa shape index (κ1) is 22.8. The predicted octanol–water partition coefficient (Wildman–Crippen LogP) is 3.92. The van der Waals surface area contributed by atoms with Crippen LogP contribution in [0.1, 0.15) is 27.9 Å². The van der Waals surface area contributed by atoms with E-state index in [1.807, 2.05) is 49.4 Å². The smallest absolute Gasteiger partial charge is 0.270 e. The monoisotopic (exact) mass is 457 g/mol. The molecule has 3 amide bonds. The van der Waals surface area contributed by atoms with Crippen LogP contribution in [0.25, 0.3) is 0 Å². The molecule has 0 spiro atoms. The van der Waals surface area contributed by atoms with Crippen LogP contribution in [0.4, 0.5) is 11.4 Å². The van der Waals surface area contributed by atoms with Gasteiger partial charge in [0.05, 0.1) is 17.0 Å². The molecule has 8 heteroatoms. The average molecular weight is 457 g/mol. The van der Waals surface area contributed by atoms with Crippen LogP contribution in [0, 0.1) is 17.0 Å². The van der Waals surface area contributed by atoms with E-state index in [1.165, 1.54) is 29.2 Å². The summed E-state index contributed by atoms with van der Waals surface area (Å²) < 4.78 is 0. The summed E-state index contributed by atoms with van der Waals surface area (Å²) in [4.78, 5) is 52.8. The highest BCUT2D eigenvalue weighted by molar-refractivity contribution is 6.23. The van der Waals surface area contributed by atoms with Crippen molar-refractivity contribution in [2.75, 3.05) is 11.4 Å². The maximum atomic E-state index is 13.5. The van der Waals surface area contributed by atoms with E-state index in [-0.39, 0.29) is 24.2 Å². The number of carbonyl (C=O) groups is 3. The largest absolute Gasteiger partial charge is 0.326 e. The quantitative estimate of drug-likeness (QED) is 0.304. The molecule has 3 aromatic carbocycles. The number of amides is 3. The number of hydrogen-bond donors (Lipinski definition) is 0. The number of benzene rings is 3. The van der Waals surface area contributed by atoms with Crippen molar-refractivity contribution >= 4 is 29.1 Å². The van der Waals surface area contributed by atoms with Gasteiger partial charge < -0.3 is 4.90 Å². The molecule has 0 N–H and O–H groups in total. The summed E-state index contributed by atoms with van der Waals surface area (Å²) in [6.07, 6.45) is 0.312. The van der Waals surface area contributed by atoms with Crippen LogP contribution in [-0.2, 0) is 16.0 Å². The Morgan fingerprint density at radius 3 is 2.41 bits per heavy atom. The van der Waals surface area contributed by atoms with Crippen molar-refractivity contribution in [2.24, 2.45) is 0 Å². The lowest BCUT2D eigenvalue weighted by molar-refractivity contribution is -0.384. The van der Waals surface area contributed by atoms with E-state index in [0.29, 0.717) is 12.1 Å². The van der Waals surface area contributed by atoms with Gasteiger partial charge in [0, 0.05) is 24.2 Å². The van der Waals surface area contributed by atoms with Crippen LogP contribution < -0.4 is 4.90 Å². The van der Waals surface area contributed by atoms with Crippen LogP contribution in [-0.4, -0.2) is 40.1 Å². The van der Waals surface area contributed by atoms with Gasteiger partial charge in [-0.05, 0) is 37.1 Å². The Morgan fingerprint density at radius 2 is 1.74 bits per heavy atom. The summed E-state index contributed by atoms with van der Waals surface area (Å²) in [5.41, 5.74) is 2.28. The minimum atomic E-state index is -0.996. The van der Waals surface area contributed by atoms with Crippen molar-refractivity contribution in [1.82, 2.24) is 4.90 Å². The van der Waals surface area contributed by atoms with Gasteiger partial charge in [-0.15, -0.1) is 0 Å². The molecule has 1 fully saturated rings. The molecule has 0 aliphatic carbocycles. The van der Waals surface area contributed by atoms with Crippen LogP contribution in [0.5, 0.6) is 0 Å². The van der Waals surface area contributed by atoms with Gasteiger partial charge in [-0.3, -0.25) is 24.5 Å². The Hall–Kier alpha value is -4.33. The second kappa shape index (κ2) is 9.66. The minimum absolute atomic E-state index is 0.0938. The maximum absolute atomic E-state index is 13.5. The molecule has 34 heavy (non-hydrogen) atoms. The molecule has 0 radical (unpaired) electrons. The number of imide groups is 1. The van der Waals surface area contributed by atoms with Crippen LogP contribution in [0.3, 0.4) is 0 Å². The van der Waals surface area contributed by atoms with Crippen molar-refractivity contribution in [1.29, 1.82) is 0 Å². The Kier molecular flexibility index (Phi) is 6.49. The van der Waals surface area contributed by atoms with E-state index in [0.717, 1.165) is 16.0 Å². The van der Waals surface area contributed by atoms with Gasteiger partial charge in [-0.1, -0.05) is 54.1 Å². The van der Waals surface area contributed by atoms with E-state index in [2.05, 4.69) is 0 Å². The number of nitrogens with zero attached hydrogens (tertiary/aromatic N) is 3. The number of nitro benzene ring substituents is 1. The topological polar surface area (TPSA) is 101 Å². The molecule has 1 aliphatic rings. The molecular weight excluding hydrogens is 434 g/mol. The van der Waals surface area contributed by atoms with Crippen molar-refractivity contribution < 1.29 is 19.3 Å². The molecule has 0 bridgehead atoms. The van der Waals surface area contributed by atoms with Gasteiger partial charge in [0.15, 0.2) is 0 Å². The van der Waals surface area contributed by atoms with Crippen LogP contribution in [0.2, 0.25) is 0 Å². The van der Waals surface area contributed by atoms with Gasteiger partial charge >= 0.3 is 0 Å².